The van der Waals surface area contributed by atoms with Crippen LogP contribution >= 0.6 is 15.9 Å². The highest BCUT2D eigenvalue weighted by Crippen LogP contribution is 2.25. The highest BCUT2D eigenvalue weighted by molar-refractivity contribution is 9.10. The fourth-order valence-electron chi connectivity index (χ4n) is 2.42. The largest absolute Gasteiger partial charge is 0.329 e. The molecule has 21 heavy (non-hydrogen) atoms. The minimum Gasteiger partial charge on any atom is -0.329 e. The summed E-state index contributed by atoms with van der Waals surface area (Å²) in [5.41, 5.74) is 9.25. The molecule has 0 aliphatic carbocycles. The van der Waals surface area contributed by atoms with Crippen LogP contribution in [0.3, 0.4) is 0 Å². The van der Waals surface area contributed by atoms with Crippen LogP contribution in [0, 0.1) is 12.7 Å². The van der Waals surface area contributed by atoms with Crippen molar-refractivity contribution in [3.8, 4) is 0 Å². The van der Waals surface area contributed by atoms with E-state index in [9.17, 15) is 4.39 Å². The first-order valence-corrected chi connectivity index (χ1v) is 7.71. The van der Waals surface area contributed by atoms with Crippen LogP contribution in [-0.4, -0.2) is 18.5 Å². The van der Waals surface area contributed by atoms with Gasteiger partial charge in [-0.2, -0.15) is 0 Å². The fourth-order valence-corrected chi connectivity index (χ4v) is 2.82. The third-order valence-corrected chi connectivity index (χ3v) is 4.51. The molecule has 2 aromatic rings. The van der Waals surface area contributed by atoms with E-state index in [1.807, 2.05) is 13.1 Å². The van der Waals surface area contributed by atoms with Gasteiger partial charge in [0, 0.05) is 23.6 Å². The highest BCUT2D eigenvalue weighted by Gasteiger charge is 2.16. The second kappa shape index (κ2) is 7.16. The van der Waals surface area contributed by atoms with E-state index in [0.717, 1.165) is 15.6 Å². The van der Waals surface area contributed by atoms with Crippen molar-refractivity contribution in [2.24, 2.45) is 5.73 Å². The minimum absolute atomic E-state index is 0.102. The van der Waals surface area contributed by atoms with Crippen molar-refractivity contribution < 1.29 is 4.39 Å². The van der Waals surface area contributed by atoms with E-state index < -0.39 is 0 Å². The van der Waals surface area contributed by atoms with Crippen molar-refractivity contribution in [1.29, 1.82) is 0 Å². The molecule has 2 rings (SSSR count). The summed E-state index contributed by atoms with van der Waals surface area (Å²) in [5, 5.41) is 0. The molecule has 2 nitrogen and oxygen atoms in total. The summed E-state index contributed by atoms with van der Waals surface area (Å²) >= 11 is 3.56. The SMILES string of the molecule is Cc1ccc(C(CN)N(C)Cc2cccc(F)c2)cc1Br. The molecule has 0 fully saturated rings. The van der Waals surface area contributed by atoms with E-state index >= 15 is 0 Å². The van der Waals surface area contributed by atoms with Gasteiger partial charge < -0.3 is 5.73 Å². The molecule has 0 spiro atoms. The first-order chi connectivity index (χ1) is 10.0. The van der Waals surface area contributed by atoms with Crippen LogP contribution in [-0.2, 0) is 6.54 Å². The van der Waals surface area contributed by atoms with Crippen molar-refractivity contribution in [3.63, 3.8) is 0 Å². The lowest BCUT2D eigenvalue weighted by atomic mass is 10.0. The quantitative estimate of drug-likeness (QED) is 0.881. The average Bonchev–Trinajstić information content (AvgIpc) is 2.43. The first-order valence-electron chi connectivity index (χ1n) is 6.92. The zero-order valence-corrected chi connectivity index (χ0v) is 13.9. The lowest BCUT2D eigenvalue weighted by Crippen LogP contribution is -2.30. The zero-order valence-electron chi connectivity index (χ0n) is 12.3. The van der Waals surface area contributed by atoms with E-state index in [1.54, 1.807) is 12.1 Å². The Hall–Kier alpha value is -1.23. The van der Waals surface area contributed by atoms with Crippen LogP contribution < -0.4 is 5.73 Å². The van der Waals surface area contributed by atoms with Crippen LogP contribution in [0.1, 0.15) is 22.7 Å². The summed E-state index contributed by atoms with van der Waals surface area (Å²) in [6.07, 6.45) is 0. The van der Waals surface area contributed by atoms with Gasteiger partial charge in [0.1, 0.15) is 5.82 Å². The molecule has 0 aliphatic heterocycles. The molecule has 112 valence electrons. The topological polar surface area (TPSA) is 29.3 Å². The number of likely N-dealkylation sites (N-methyl/N-ethyl adjacent to an activating group) is 1. The third kappa shape index (κ3) is 4.13. The van der Waals surface area contributed by atoms with E-state index in [2.05, 4.69) is 46.0 Å². The Labute approximate surface area is 133 Å². The van der Waals surface area contributed by atoms with E-state index in [1.165, 1.54) is 11.6 Å². The Bertz CT molecular complexity index is 615. The summed E-state index contributed by atoms with van der Waals surface area (Å²) in [4.78, 5) is 2.14. The molecule has 1 atom stereocenters. The Balaban J connectivity index is 2.18. The van der Waals surface area contributed by atoms with Gasteiger partial charge in [0.15, 0.2) is 0 Å². The lowest BCUT2D eigenvalue weighted by Gasteiger charge is -2.28. The predicted molar refractivity (Wildman–Crippen MR) is 88.5 cm³/mol. The normalized spacial score (nSPS) is 12.7. The maximum absolute atomic E-state index is 13.3. The van der Waals surface area contributed by atoms with Crippen molar-refractivity contribution in [2.45, 2.75) is 19.5 Å². The van der Waals surface area contributed by atoms with Gasteiger partial charge in [-0.25, -0.2) is 4.39 Å². The van der Waals surface area contributed by atoms with Crippen molar-refractivity contribution >= 4 is 15.9 Å². The van der Waals surface area contributed by atoms with Gasteiger partial charge in [-0.1, -0.05) is 40.2 Å². The van der Waals surface area contributed by atoms with Crippen LogP contribution in [0.2, 0.25) is 0 Å². The van der Waals surface area contributed by atoms with Crippen molar-refractivity contribution in [3.05, 3.63) is 69.4 Å². The fraction of sp³-hybridized carbons (Fsp3) is 0.294. The van der Waals surface area contributed by atoms with Crippen LogP contribution in [0.4, 0.5) is 4.39 Å². The number of hydrogen-bond acceptors (Lipinski definition) is 2. The van der Waals surface area contributed by atoms with E-state index in [4.69, 9.17) is 5.73 Å². The van der Waals surface area contributed by atoms with Crippen molar-refractivity contribution in [2.75, 3.05) is 13.6 Å². The molecule has 0 aliphatic rings. The summed E-state index contributed by atoms with van der Waals surface area (Å²) < 4.78 is 14.4. The number of rotatable bonds is 5. The predicted octanol–water partition coefficient (Wildman–Crippen LogP) is 4.03. The second-order valence-electron chi connectivity index (χ2n) is 5.31. The second-order valence-corrected chi connectivity index (χ2v) is 6.16. The zero-order chi connectivity index (χ0) is 15.4. The Morgan fingerprint density at radius 3 is 2.62 bits per heavy atom. The lowest BCUT2D eigenvalue weighted by molar-refractivity contribution is 0.241. The maximum Gasteiger partial charge on any atom is 0.123 e. The molecule has 0 radical (unpaired) electrons. The molecule has 0 heterocycles. The Morgan fingerprint density at radius 1 is 1.24 bits per heavy atom. The Kier molecular flexibility index (Phi) is 5.51. The van der Waals surface area contributed by atoms with E-state index in [0.29, 0.717) is 13.1 Å². The molecular formula is C17H20BrFN2. The van der Waals surface area contributed by atoms with Gasteiger partial charge >= 0.3 is 0 Å². The summed E-state index contributed by atoms with van der Waals surface area (Å²) in [7, 11) is 2.01. The molecule has 2 aromatic carbocycles. The number of aryl methyl sites for hydroxylation is 1. The van der Waals surface area contributed by atoms with Crippen molar-refractivity contribution in [1.82, 2.24) is 4.90 Å². The maximum atomic E-state index is 13.3. The van der Waals surface area contributed by atoms with Crippen LogP contribution in [0.5, 0.6) is 0 Å². The molecule has 0 saturated heterocycles. The molecule has 0 bridgehead atoms. The molecule has 0 aromatic heterocycles. The van der Waals surface area contributed by atoms with Gasteiger partial charge in [0.2, 0.25) is 0 Å². The number of nitrogens with two attached hydrogens (primary N) is 1. The average molecular weight is 351 g/mol. The number of hydrogen-bond donors (Lipinski definition) is 1. The standard InChI is InChI=1S/C17H20BrFN2/c1-12-6-7-14(9-16(12)18)17(10-20)21(2)11-13-4-3-5-15(19)8-13/h3-9,17H,10-11,20H2,1-2H3. The van der Waals surface area contributed by atoms with Crippen LogP contribution in [0.25, 0.3) is 0 Å². The number of benzene rings is 2. The third-order valence-electron chi connectivity index (χ3n) is 3.66. The molecule has 4 heteroatoms. The summed E-state index contributed by atoms with van der Waals surface area (Å²) in [5.74, 6) is -0.205. The molecular weight excluding hydrogens is 331 g/mol. The van der Waals surface area contributed by atoms with Gasteiger partial charge in [-0.3, -0.25) is 4.90 Å². The molecule has 0 saturated carbocycles. The Morgan fingerprint density at radius 2 is 2.00 bits per heavy atom. The van der Waals surface area contributed by atoms with Crippen LogP contribution in [0.15, 0.2) is 46.9 Å². The van der Waals surface area contributed by atoms with Gasteiger partial charge in [-0.05, 0) is 48.9 Å². The first kappa shape index (κ1) is 16.1. The van der Waals surface area contributed by atoms with Gasteiger partial charge in [0.25, 0.3) is 0 Å². The highest BCUT2D eigenvalue weighted by atomic mass is 79.9. The molecule has 0 amide bonds. The minimum atomic E-state index is -0.205. The number of halogens is 2. The van der Waals surface area contributed by atoms with Gasteiger partial charge in [-0.15, -0.1) is 0 Å². The number of nitrogens with zero attached hydrogens (tertiary/aromatic N) is 1. The van der Waals surface area contributed by atoms with Gasteiger partial charge in [0.05, 0.1) is 0 Å². The monoisotopic (exact) mass is 350 g/mol. The summed E-state index contributed by atoms with van der Waals surface area (Å²) in [6, 6.07) is 13.1. The molecule has 1 unspecified atom stereocenters. The summed E-state index contributed by atoms with van der Waals surface area (Å²) in [6.45, 7) is 3.23. The molecule has 2 N–H and O–H groups in total. The smallest absolute Gasteiger partial charge is 0.123 e. The van der Waals surface area contributed by atoms with E-state index in [-0.39, 0.29) is 11.9 Å².